The summed E-state index contributed by atoms with van der Waals surface area (Å²) >= 11 is 0. The number of H-pyrrole nitrogens is 1. The number of aryl methyl sites for hydroxylation is 1. The van der Waals surface area contributed by atoms with Crippen molar-refractivity contribution in [2.45, 2.75) is 26.2 Å². The number of nitrogens with one attached hydrogen (secondary N) is 1. The summed E-state index contributed by atoms with van der Waals surface area (Å²) in [5.41, 5.74) is 3.32. The van der Waals surface area contributed by atoms with Crippen LogP contribution in [-0.4, -0.2) is 63.3 Å². The third kappa shape index (κ3) is 2.86. The van der Waals surface area contributed by atoms with Gasteiger partial charge in [-0.25, -0.2) is 9.97 Å². The fraction of sp³-hybridized carbons (Fsp3) is 0.500. The highest BCUT2D eigenvalue weighted by Crippen LogP contribution is 2.41. The van der Waals surface area contributed by atoms with Gasteiger partial charge in [0.15, 0.2) is 5.82 Å². The first-order valence-corrected chi connectivity index (χ1v) is 9.69. The van der Waals surface area contributed by atoms with Gasteiger partial charge in [-0.05, 0) is 51.3 Å². The number of piperidine rings is 1. The third-order valence-corrected chi connectivity index (χ3v) is 6.30. The molecule has 0 aromatic carbocycles. The van der Waals surface area contributed by atoms with E-state index in [2.05, 4.69) is 32.0 Å². The smallest absolute Gasteiger partial charge is 0.165 e. The molecule has 7 heteroatoms. The quantitative estimate of drug-likeness (QED) is 0.754. The van der Waals surface area contributed by atoms with Crippen LogP contribution >= 0.6 is 0 Å². The molecule has 140 valence electrons. The van der Waals surface area contributed by atoms with Crippen molar-refractivity contribution in [2.75, 3.05) is 38.1 Å². The van der Waals surface area contributed by atoms with Gasteiger partial charge in [-0.3, -0.25) is 10.1 Å². The van der Waals surface area contributed by atoms with E-state index in [0.29, 0.717) is 5.41 Å². The van der Waals surface area contributed by atoms with Crippen LogP contribution in [0.5, 0.6) is 0 Å². The number of pyridine rings is 1. The Labute approximate surface area is 158 Å². The minimum Gasteiger partial charge on any atom is -0.356 e. The van der Waals surface area contributed by atoms with Crippen molar-refractivity contribution in [2.24, 2.45) is 5.41 Å². The van der Waals surface area contributed by atoms with Crippen LogP contribution in [0, 0.1) is 12.3 Å². The molecule has 0 aliphatic carbocycles. The predicted octanol–water partition coefficient (Wildman–Crippen LogP) is 2.65. The molecule has 5 rings (SSSR count). The Morgan fingerprint density at radius 2 is 1.89 bits per heavy atom. The number of hydrogen-bond acceptors (Lipinski definition) is 6. The first kappa shape index (κ1) is 16.6. The van der Waals surface area contributed by atoms with E-state index in [0.717, 1.165) is 46.9 Å². The number of likely N-dealkylation sites (tertiary alicyclic amines) is 1. The van der Waals surface area contributed by atoms with E-state index in [1.54, 1.807) is 6.20 Å². The summed E-state index contributed by atoms with van der Waals surface area (Å²) in [7, 11) is 2.24. The van der Waals surface area contributed by atoms with E-state index in [9.17, 15) is 0 Å². The molecule has 0 unspecified atom stereocenters. The number of aromatic nitrogens is 5. The number of fused-ring (bicyclic) bond motifs is 1. The second-order valence-corrected chi connectivity index (χ2v) is 8.15. The number of hydrogen-bond donors (Lipinski definition) is 1. The maximum Gasteiger partial charge on any atom is 0.165 e. The first-order chi connectivity index (χ1) is 13.1. The van der Waals surface area contributed by atoms with Crippen LogP contribution < -0.4 is 4.90 Å². The molecule has 0 radical (unpaired) electrons. The van der Waals surface area contributed by atoms with E-state index >= 15 is 0 Å². The van der Waals surface area contributed by atoms with Crippen molar-refractivity contribution < 1.29 is 0 Å². The van der Waals surface area contributed by atoms with Crippen molar-refractivity contribution in [1.82, 2.24) is 30.0 Å². The maximum atomic E-state index is 4.97. The van der Waals surface area contributed by atoms with Crippen LogP contribution in [0.4, 0.5) is 5.82 Å². The van der Waals surface area contributed by atoms with Crippen LogP contribution in [0.15, 0.2) is 24.7 Å². The fourth-order valence-corrected chi connectivity index (χ4v) is 4.66. The Morgan fingerprint density at radius 3 is 2.59 bits per heavy atom. The van der Waals surface area contributed by atoms with Crippen LogP contribution in [0.25, 0.3) is 22.3 Å². The van der Waals surface area contributed by atoms with Crippen molar-refractivity contribution in [3.05, 3.63) is 30.4 Å². The molecule has 3 aromatic heterocycles. The SMILES string of the molecule is Cc1[nH]ncc1-c1nc(N2CCC3(CCN(C)C3)CC2)c2ccncc2n1. The number of aromatic amines is 1. The van der Waals surface area contributed by atoms with Crippen LogP contribution in [0.3, 0.4) is 0 Å². The summed E-state index contributed by atoms with van der Waals surface area (Å²) in [4.78, 5) is 18.9. The summed E-state index contributed by atoms with van der Waals surface area (Å²) < 4.78 is 0. The van der Waals surface area contributed by atoms with E-state index in [4.69, 9.17) is 9.97 Å². The van der Waals surface area contributed by atoms with E-state index in [1.807, 2.05) is 25.4 Å². The zero-order valence-electron chi connectivity index (χ0n) is 15.9. The monoisotopic (exact) mass is 363 g/mol. The Balaban J connectivity index is 1.52. The fourth-order valence-electron chi connectivity index (χ4n) is 4.66. The molecule has 2 aliphatic rings. The average molecular weight is 363 g/mol. The Bertz CT molecular complexity index is 971. The zero-order valence-corrected chi connectivity index (χ0v) is 15.9. The number of nitrogens with zero attached hydrogens (tertiary/aromatic N) is 6. The standard InChI is InChI=1S/C20H25N7/c1-14-16(11-22-25-14)18-23-17-12-21-7-3-15(17)19(24-18)27-9-5-20(6-10-27)4-8-26(2)13-20/h3,7,11-12H,4-6,8-10,13H2,1-2H3,(H,22,25). The lowest BCUT2D eigenvalue weighted by Crippen LogP contribution is -2.41. The Kier molecular flexibility index (Phi) is 3.86. The minimum atomic E-state index is 0.500. The minimum absolute atomic E-state index is 0.500. The maximum absolute atomic E-state index is 4.97. The lowest BCUT2D eigenvalue weighted by atomic mass is 9.78. The van der Waals surface area contributed by atoms with Gasteiger partial charge in [0.05, 0.1) is 23.5 Å². The summed E-state index contributed by atoms with van der Waals surface area (Å²) in [5, 5.41) is 8.20. The van der Waals surface area contributed by atoms with Gasteiger partial charge in [-0.2, -0.15) is 5.10 Å². The molecule has 2 aliphatic heterocycles. The van der Waals surface area contributed by atoms with Gasteiger partial charge >= 0.3 is 0 Å². The largest absolute Gasteiger partial charge is 0.356 e. The second-order valence-electron chi connectivity index (χ2n) is 8.15. The number of rotatable bonds is 2. The molecular formula is C20H25N7. The van der Waals surface area contributed by atoms with E-state index < -0.39 is 0 Å². The molecular weight excluding hydrogens is 338 g/mol. The Morgan fingerprint density at radius 1 is 1.07 bits per heavy atom. The Hall–Kier alpha value is -2.54. The normalized spacial score (nSPS) is 20.0. The molecule has 0 saturated carbocycles. The summed E-state index contributed by atoms with van der Waals surface area (Å²) in [6.07, 6.45) is 9.25. The summed E-state index contributed by atoms with van der Waals surface area (Å²) in [6, 6.07) is 2.03. The molecule has 2 fully saturated rings. The van der Waals surface area contributed by atoms with Crippen molar-refractivity contribution in [3.8, 4) is 11.4 Å². The van der Waals surface area contributed by atoms with Gasteiger partial charge in [-0.1, -0.05) is 0 Å². The molecule has 2 saturated heterocycles. The molecule has 3 aromatic rings. The van der Waals surface area contributed by atoms with Gasteiger partial charge in [-0.15, -0.1) is 0 Å². The highest BCUT2D eigenvalue weighted by Gasteiger charge is 2.39. The molecule has 1 N–H and O–H groups in total. The lowest BCUT2D eigenvalue weighted by Gasteiger charge is -2.40. The van der Waals surface area contributed by atoms with E-state index in [1.165, 1.54) is 32.4 Å². The van der Waals surface area contributed by atoms with E-state index in [-0.39, 0.29) is 0 Å². The van der Waals surface area contributed by atoms with Crippen LogP contribution in [-0.2, 0) is 0 Å². The van der Waals surface area contributed by atoms with Gasteiger partial charge in [0.25, 0.3) is 0 Å². The molecule has 7 nitrogen and oxygen atoms in total. The summed E-state index contributed by atoms with van der Waals surface area (Å²) in [6.45, 7) is 6.55. The highest BCUT2D eigenvalue weighted by atomic mass is 15.2. The molecule has 0 atom stereocenters. The molecule has 27 heavy (non-hydrogen) atoms. The summed E-state index contributed by atoms with van der Waals surface area (Å²) in [5.74, 6) is 1.75. The van der Waals surface area contributed by atoms with Gasteiger partial charge < -0.3 is 9.80 Å². The highest BCUT2D eigenvalue weighted by molar-refractivity contribution is 5.90. The number of anilines is 1. The van der Waals surface area contributed by atoms with Gasteiger partial charge in [0.1, 0.15) is 5.82 Å². The van der Waals surface area contributed by atoms with Crippen LogP contribution in [0.2, 0.25) is 0 Å². The average Bonchev–Trinajstić information content (AvgIpc) is 3.27. The first-order valence-electron chi connectivity index (χ1n) is 9.69. The van der Waals surface area contributed by atoms with Crippen LogP contribution in [0.1, 0.15) is 25.0 Å². The van der Waals surface area contributed by atoms with Gasteiger partial charge in [0.2, 0.25) is 0 Å². The van der Waals surface area contributed by atoms with Crippen molar-refractivity contribution in [3.63, 3.8) is 0 Å². The predicted molar refractivity (Wildman–Crippen MR) is 106 cm³/mol. The third-order valence-electron chi connectivity index (χ3n) is 6.30. The van der Waals surface area contributed by atoms with Gasteiger partial charge in [0, 0.05) is 36.9 Å². The second kappa shape index (κ2) is 6.27. The zero-order chi connectivity index (χ0) is 18.4. The van der Waals surface area contributed by atoms with Crippen molar-refractivity contribution >= 4 is 16.7 Å². The molecule has 0 amide bonds. The molecule has 1 spiro atoms. The molecule has 0 bridgehead atoms. The topological polar surface area (TPSA) is 73.8 Å². The van der Waals surface area contributed by atoms with Crippen molar-refractivity contribution in [1.29, 1.82) is 0 Å². The molecule has 5 heterocycles. The lowest BCUT2D eigenvalue weighted by molar-refractivity contribution is 0.222.